The second-order valence-electron chi connectivity index (χ2n) is 3.93. The highest BCUT2D eigenvalue weighted by atomic mass is 19.2. The van der Waals surface area contributed by atoms with Gasteiger partial charge in [-0.15, -0.1) is 0 Å². The Bertz CT molecular complexity index is 555. The predicted molar refractivity (Wildman–Crippen MR) is 61.8 cm³/mol. The van der Waals surface area contributed by atoms with Crippen molar-refractivity contribution in [3.05, 3.63) is 41.5 Å². The molecule has 0 radical (unpaired) electrons. The maximum absolute atomic E-state index is 13.2. The van der Waals surface area contributed by atoms with Crippen molar-refractivity contribution in [1.82, 2.24) is 9.78 Å². The van der Waals surface area contributed by atoms with Crippen molar-refractivity contribution in [2.75, 3.05) is 5.73 Å². The van der Waals surface area contributed by atoms with Gasteiger partial charge in [0.05, 0.1) is 23.3 Å². The van der Waals surface area contributed by atoms with E-state index in [1.807, 2.05) is 6.92 Å². The molecule has 0 unspecified atom stereocenters. The van der Waals surface area contributed by atoms with E-state index in [1.165, 1.54) is 10.9 Å². The molecule has 0 fully saturated rings. The van der Waals surface area contributed by atoms with Gasteiger partial charge < -0.3 is 5.73 Å². The quantitative estimate of drug-likeness (QED) is 0.857. The Morgan fingerprint density at radius 1 is 1.22 bits per heavy atom. The van der Waals surface area contributed by atoms with Gasteiger partial charge in [-0.3, -0.25) is 0 Å². The molecule has 0 aliphatic rings. The number of anilines is 1. The lowest BCUT2D eigenvalue weighted by atomic mass is 10.2. The molecule has 1 aromatic carbocycles. The van der Waals surface area contributed by atoms with E-state index in [2.05, 4.69) is 5.10 Å². The number of halogens is 3. The van der Waals surface area contributed by atoms with Crippen LogP contribution < -0.4 is 5.73 Å². The Morgan fingerprint density at radius 3 is 2.39 bits per heavy atom. The summed E-state index contributed by atoms with van der Waals surface area (Å²) >= 11 is 0. The molecule has 0 atom stereocenters. The minimum absolute atomic E-state index is 0.117. The Hall–Kier alpha value is -1.98. The normalized spacial score (nSPS) is 10.9. The molecule has 18 heavy (non-hydrogen) atoms. The van der Waals surface area contributed by atoms with Crippen LogP contribution in [-0.4, -0.2) is 9.78 Å². The first-order valence-corrected chi connectivity index (χ1v) is 5.52. The first-order valence-electron chi connectivity index (χ1n) is 5.52. The summed E-state index contributed by atoms with van der Waals surface area (Å²) in [7, 11) is 0. The van der Waals surface area contributed by atoms with Gasteiger partial charge in [0.2, 0.25) is 0 Å². The third-order valence-electron chi connectivity index (χ3n) is 2.60. The molecule has 0 bridgehead atoms. The molecule has 3 nitrogen and oxygen atoms in total. The predicted octanol–water partition coefficient (Wildman–Crippen LogP) is 2.82. The molecule has 2 aromatic rings. The summed E-state index contributed by atoms with van der Waals surface area (Å²) < 4.78 is 40.5. The molecular formula is C12H12F3N3. The van der Waals surface area contributed by atoms with Crippen LogP contribution in [0.25, 0.3) is 5.69 Å². The fourth-order valence-electron chi connectivity index (χ4n) is 1.76. The van der Waals surface area contributed by atoms with Crippen molar-refractivity contribution < 1.29 is 13.2 Å². The molecule has 1 heterocycles. The molecule has 0 saturated carbocycles. The van der Waals surface area contributed by atoms with Gasteiger partial charge in [0, 0.05) is 12.1 Å². The highest BCUT2D eigenvalue weighted by Crippen LogP contribution is 2.21. The highest BCUT2D eigenvalue weighted by molar-refractivity contribution is 5.46. The van der Waals surface area contributed by atoms with Gasteiger partial charge in [-0.2, -0.15) is 5.10 Å². The van der Waals surface area contributed by atoms with Gasteiger partial charge in [-0.25, -0.2) is 17.9 Å². The zero-order chi connectivity index (χ0) is 13.3. The van der Waals surface area contributed by atoms with E-state index >= 15 is 0 Å². The molecule has 96 valence electrons. The topological polar surface area (TPSA) is 43.8 Å². The van der Waals surface area contributed by atoms with Crippen LogP contribution in [-0.2, 0) is 6.42 Å². The van der Waals surface area contributed by atoms with Gasteiger partial charge in [0.25, 0.3) is 0 Å². The van der Waals surface area contributed by atoms with Crippen LogP contribution in [0.2, 0.25) is 0 Å². The number of hydrogen-bond donors (Lipinski definition) is 1. The largest absolute Gasteiger partial charge is 0.396 e. The number of rotatable bonds is 3. The Kier molecular flexibility index (Phi) is 3.27. The molecule has 0 amide bonds. The van der Waals surface area contributed by atoms with Crippen molar-refractivity contribution in [3.63, 3.8) is 0 Å². The zero-order valence-electron chi connectivity index (χ0n) is 9.75. The van der Waals surface area contributed by atoms with E-state index in [-0.39, 0.29) is 5.69 Å². The van der Waals surface area contributed by atoms with Crippen LogP contribution >= 0.6 is 0 Å². The first kappa shape index (κ1) is 12.5. The number of aromatic nitrogens is 2. The van der Waals surface area contributed by atoms with Crippen LogP contribution in [0.15, 0.2) is 18.3 Å². The monoisotopic (exact) mass is 255 g/mol. The standard InChI is InChI=1S/C12H12F3N3/c1-2-3-11-10(16)6-17-18(11)7-4-8(13)12(15)9(14)5-7/h4-6H,2-3,16H2,1H3. The summed E-state index contributed by atoms with van der Waals surface area (Å²) in [6, 6.07) is 1.79. The van der Waals surface area contributed by atoms with Crippen LogP contribution in [0.5, 0.6) is 0 Å². The fourth-order valence-corrected chi connectivity index (χ4v) is 1.76. The second kappa shape index (κ2) is 4.72. The van der Waals surface area contributed by atoms with E-state index in [9.17, 15) is 13.2 Å². The highest BCUT2D eigenvalue weighted by Gasteiger charge is 2.15. The number of benzene rings is 1. The van der Waals surface area contributed by atoms with Crippen molar-refractivity contribution in [2.24, 2.45) is 0 Å². The lowest BCUT2D eigenvalue weighted by Crippen LogP contribution is -2.06. The average molecular weight is 255 g/mol. The van der Waals surface area contributed by atoms with Gasteiger partial charge >= 0.3 is 0 Å². The summed E-state index contributed by atoms with van der Waals surface area (Å²) in [5.41, 5.74) is 6.94. The minimum atomic E-state index is -1.49. The zero-order valence-corrected chi connectivity index (χ0v) is 9.75. The maximum Gasteiger partial charge on any atom is 0.194 e. The number of nitrogens with zero attached hydrogens (tertiary/aromatic N) is 2. The van der Waals surface area contributed by atoms with Crippen LogP contribution in [0.1, 0.15) is 19.0 Å². The van der Waals surface area contributed by atoms with Gasteiger partial charge in [-0.05, 0) is 6.42 Å². The molecular weight excluding hydrogens is 243 g/mol. The summed E-state index contributed by atoms with van der Waals surface area (Å²) in [5, 5.41) is 3.95. The second-order valence-corrected chi connectivity index (χ2v) is 3.93. The third kappa shape index (κ3) is 2.05. The van der Waals surface area contributed by atoms with Crippen molar-refractivity contribution >= 4 is 5.69 Å². The average Bonchev–Trinajstić information content (AvgIpc) is 2.68. The summed E-state index contributed by atoms with van der Waals surface area (Å²) in [4.78, 5) is 0. The molecule has 0 saturated heterocycles. The molecule has 2 rings (SSSR count). The SMILES string of the molecule is CCCc1c(N)cnn1-c1cc(F)c(F)c(F)c1. The summed E-state index contributed by atoms with van der Waals surface area (Å²) in [6.45, 7) is 1.95. The van der Waals surface area contributed by atoms with E-state index in [4.69, 9.17) is 5.73 Å². The van der Waals surface area contributed by atoms with E-state index in [0.29, 0.717) is 17.8 Å². The number of hydrogen-bond acceptors (Lipinski definition) is 2. The fraction of sp³-hybridized carbons (Fsp3) is 0.250. The van der Waals surface area contributed by atoms with Crippen LogP contribution in [0.4, 0.5) is 18.9 Å². The first-order chi connectivity index (χ1) is 8.54. The van der Waals surface area contributed by atoms with E-state index in [0.717, 1.165) is 18.6 Å². The van der Waals surface area contributed by atoms with Crippen LogP contribution in [0, 0.1) is 17.5 Å². The number of nitrogen functional groups attached to an aromatic ring is 1. The van der Waals surface area contributed by atoms with E-state index in [1.54, 1.807) is 0 Å². The maximum atomic E-state index is 13.2. The minimum Gasteiger partial charge on any atom is -0.396 e. The van der Waals surface area contributed by atoms with Gasteiger partial charge in [0.1, 0.15) is 0 Å². The molecule has 1 aromatic heterocycles. The molecule has 6 heteroatoms. The van der Waals surface area contributed by atoms with E-state index < -0.39 is 17.5 Å². The molecule has 0 aliphatic carbocycles. The number of nitrogens with two attached hydrogens (primary N) is 1. The van der Waals surface area contributed by atoms with Crippen molar-refractivity contribution in [2.45, 2.75) is 19.8 Å². The summed E-state index contributed by atoms with van der Waals surface area (Å²) in [6.07, 6.45) is 2.83. The Labute approximate surface area is 102 Å². The molecule has 0 aliphatic heterocycles. The molecule has 0 spiro atoms. The third-order valence-corrected chi connectivity index (χ3v) is 2.60. The van der Waals surface area contributed by atoms with Crippen molar-refractivity contribution in [1.29, 1.82) is 0 Å². The van der Waals surface area contributed by atoms with Gasteiger partial charge in [-0.1, -0.05) is 13.3 Å². The van der Waals surface area contributed by atoms with Gasteiger partial charge in [0.15, 0.2) is 17.5 Å². The van der Waals surface area contributed by atoms with Crippen molar-refractivity contribution in [3.8, 4) is 5.69 Å². The Balaban J connectivity index is 2.55. The molecule has 2 N–H and O–H groups in total. The smallest absolute Gasteiger partial charge is 0.194 e. The summed E-state index contributed by atoms with van der Waals surface area (Å²) in [5.74, 6) is -3.99. The Morgan fingerprint density at radius 2 is 1.83 bits per heavy atom. The lowest BCUT2D eigenvalue weighted by molar-refractivity contribution is 0.445. The van der Waals surface area contributed by atoms with Crippen LogP contribution in [0.3, 0.4) is 0 Å². The lowest BCUT2D eigenvalue weighted by Gasteiger charge is -2.08.